The zero-order valence-electron chi connectivity index (χ0n) is 12.2. The molecule has 0 radical (unpaired) electrons. The minimum Gasteiger partial charge on any atom is -0.299 e. The van der Waals surface area contributed by atoms with Gasteiger partial charge in [0.15, 0.2) is 0 Å². The van der Waals surface area contributed by atoms with Crippen LogP contribution < -0.4 is 0 Å². The number of rotatable bonds is 6. The maximum atomic E-state index is 2.57. The van der Waals surface area contributed by atoms with Crippen LogP contribution in [0.1, 0.15) is 30.4 Å². The van der Waals surface area contributed by atoms with Crippen LogP contribution in [0.4, 0.5) is 0 Å². The van der Waals surface area contributed by atoms with Gasteiger partial charge in [-0.25, -0.2) is 0 Å². The third-order valence-electron chi connectivity index (χ3n) is 4.34. The summed E-state index contributed by atoms with van der Waals surface area (Å²) in [4.78, 5) is 2.57. The van der Waals surface area contributed by atoms with E-state index in [2.05, 4.69) is 72.5 Å². The van der Waals surface area contributed by atoms with Crippen molar-refractivity contribution in [3.8, 4) is 0 Å². The Bertz CT molecular complexity index is 520. The Morgan fingerprint density at radius 2 is 1.60 bits per heavy atom. The molecule has 0 spiro atoms. The number of hydrogen-bond donors (Lipinski definition) is 0. The van der Waals surface area contributed by atoms with Crippen molar-refractivity contribution in [2.45, 2.75) is 25.8 Å². The highest BCUT2D eigenvalue weighted by Crippen LogP contribution is 2.47. The molecule has 104 valence electrons. The van der Waals surface area contributed by atoms with Crippen LogP contribution in [0.3, 0.4) is 0 Å². The first-order valence-corrected chi connectivity index (χ1v) is 7.68. The Morgan fingerprint density at radius 3 is 2.25 bits per heavy atom. The standard InChI is InChI=1S/C19H23N/c1-2-20(14-16-9-5-3-6-10-16)15-18-13-19(18)17-11-7-4-8-12-17/h3-12,18-19H,2,13-15H2,1H3/t18-,19-/m0/s1. The highest BCUT2D eigenvalue weighted by Gasteiger charge is 2.38. The summed E-state index contributed by atoms with van der Waals surface area (Å²) in [5.41, 5.74) is 2.94. The van der Waals surface area contributed by atoms with Crippen LogP contribution in [0.2, 0.25) is 0 Å². The van der Waals surface area contributed by atoms with Crippen LogP contribution in [0.25, 0.3) is 0 Å². The van der Waals surface area contributed by atoms with E-state index >= 15 is 0 Å². The molecule has 1 nitrogen and oxygen atoms in total. The van der Waals surface area contributed by atoms with Crippen molar-refractivity contribution in [2.75, 3.05) is 13.1 Å². The summed E-state index contributed by atoms with van der Waals surface area (Å²) in [5, 5.41) is 0. The number of benzene rings is 2. The molecule has 0 aliphatic heterocycles. The Labute approximate surface area is 122 Å². The van der Waals surface area contributed by atoms with Crippen molar-refractivity contribution >= 4 is 0 Å². The normalized spacial score (nSPS) is 21.1. The van der Waals surface area contributed by atoms with Crippen LogP contribution in [-0.4, -0.2) is 18.0 Å². The molecule has 2 aromatic carbocycles. The monoisotopic (exact) mass is 265 g/mol. The Kier molecular flexibility index (Phi) is 4.17. The lowest BCUT2D eigenvalue weighted by Crippen LogP contribution is -2.25. The van der Waals surface area contributed by atoms with E-state index < -0.39 is 0 Å². The van der Waals surface area contributed by atoms with Crippen molar-refractivity contribution in [1.29, 1.82) is 0 Å². The third kappa shape index (κ3) is 3.29. The summed E-state index contributed by atoms with van der Waals surface area (Å²) >= 11 is 0. The highest BCUT2D eigenvalue weighted by atomic mass is 15.1. The van der Waals surface area contributed by atoms with Gasteiger partial charge in [0.2, 0.25) is 0 Å². The molecule has 1 fully saturated rings. The Hall–Kier alpha value is -1.60. The summed E-state index contributed by atoms with van der Waals surface area (Å²) < 4.78 is 0. The quantitative estimate of drug-likeness (QED) is 0.752. The van der Waals surface area contributed by atoms with Gasteiger partial charge in [-0.15, -0.1) is 0 Å². The van der Waals surface area contributed by atoms with Gasteiger partial charge >= 0.3 is 0 Å². The van der Waals surface area contributed by atoms with Gasteiger partial charge in [0, 0.05) is 13.1 Å². The minimum atomic E-state index is 0.793. The van der Waals surface area contributed by atoms with E-state index in [-0.39, 0.29) is 0 Å². The van der Waals surface area contributed by atoms with Gasteiger partial charge in [-0.1, -0.05) is 67.6 Å². The second-order valence-corrected chi connectivity index (χ2v) is 5.83. The van der Waals surface area contributed by atoms with Gasteiger partial charge < -0.3 is 0 Å². The smallest absolute Gasteiger partial charge is 0.0233 e. The molecule has 2 atom stereocenters. The van der Waals surface area contributed by atoms with Gasteiger partial charge in [0.1, 0.15) is 0 Å². The lowest BCUT2D eigenvalue weighted by Gasteiger charge is -2.20. The van der Waals surface area contributed by atoms with Crippen LogP contribution in [0.15, 0.2) is 60.7 Å². The maximum Gasteiger partial charge on any atom is 0.0233 e. The van der Waals surface area contributed by atoms with Crippen molar-refractivity contribution in [3.63, 3.8) is 0 Å². The van der Waals surface area contributed by atoms with E-state index in [9.17, 15) is 0 Å². The molecular weight excluding hydrogens is 242 g/mol. The van der Waals surface area contributed by atoms with Crippen molar-refractivity contribution in [1.82, 2.24) is 4.90 Å². The first-order chi connectivity index (χ1) is 9.86. The number of nitrogens with zero attached hydrogens (tertiary/aromatic N) is 1. The average Bonchev–Trinajstić information content (AvgIpc) is 3.28. The zero-order chi connectivity index (χ0) is 13.8. The molecule has 0 aromatic heterocycles. The highest BCUT2D eigenvalue weighted by molar-refractivity contribution is 5.25. The average molecular weight is 265 g/mol. The SMILES string of the molecule is CCN(Cc1ccccc1)C[C@@H]1C[C@H]1c1ccccc1. The molecule has 0 heterocycles. The van der Waals surface area contributed by atoms with E-state index in [4.69, 9.17) is 0 Å². The van der Waals surface area contributed by atoms with E-state index in [0.29, 0.717) is 0 Å². The Balaban J connectivity index is 1.55. The zero-order valence-corrected chi connectivity index (χ0v) is 12.2. The van der Waals surface area contributed by atoms with Gasteiger partial charge in [-0.2, -0.15) is 0 Å². The molecule has 2 aromatic rings. The Morgan fingerprint density at radius 1 is 0.950 bits per heavy atom. The molecular formula is C19H23N. The third-order valence-corrected chi connectivity index (χ3v) is 4.34. The maximum absolute atomic E-state index is 2.57. The van der Waals surface area contributed by atoms with Crippen molar-refractivity contribution < 1.29 is 0 Å². The van der Waals surface area contributed by atoms with Crippen LogP contribution in [0, 0.1) is 5.92 Å². The number of hydrogen-bond acceptors (Lipinski definition) is 1. The topological polar surface area (TPSA) is 3.24 Å². The van der Waals surface area contributed by atoms with E-state index in [1.54, 1.807) is 0 Å². The summed E-state index contributed by atoms with van der Waals surface area (Å²) in [6.45, 7) is 5.70. The minimum absolute atomic E-state index is 0.793. The lowest BCUT2D eigenvalue weighted by atomic mass is 10.1. The molecule has 0 unspecified atom stereocenters. The largest absolute Gasteiger partial charge is 0.299 e. The molecule has 1 saturated carbocycles. The summed E-state index contributed by atoms with van der Waals surface area (Å²) in [6.07, 6.45) is 1.36. The van der Waals surface area contributed by atoms with E-state index in [0.717, 1.165) is 24.9 Å². The molecule has 1 heteroatoms. The fourth-order valence-corrected chi connectivity index (χ4v) is 3.04. The van der Waals surface area contributed by atoms with Crippen LogP contribution in [-0.2, 0) is 6.54 Å². The first-order valence-electron chi connectivity index (χ1n) is 7.68. The van der Waals surface area contributed by atoms with Gasteiger partial charge in [0.05, 0.1) is 0 Å². The first kappa shape index (κ1) is 13.4. The van der Waals surface area contributed by atoms with E-state index in [1.807, 2.05) is 0 Å². The van der Waals surface area contributed by atoms with Crippen LogP contribution >= 0.6 is 0 Å². The molecule has 0 amide bonds. The fraction of sp³-hybridized carbons (Fsp3) is 0.368. The van der Waals surface area contributed by atoms with Crippen molar-refractivity contribution in [3.05, 3.63) is 71.8 Å². The molecule has 20 heavy (non-hydrogen) atoms. The predicted molar refractivity (Wildman–Crippen MR) is 84.7 cm³/mol. The van der Waals surface area contributed by atoms with Gasteiger partial charge in [0.25, 0.3) is 0 Å². The fourth-order valence-electron chi connectivity index (χ4n) is 3.04. The summed E-state index contributed by atoms with van der Waals surface area (Å²) in [7, 11) is 0. The molecule has 1 aliphatic carbocycles. The molecule has 0 bridgehead atoms. The molecule has 1 aliphatic rings. The van der Waals surface area contributed by atoms with Crippen LogP contribution in [0.5, 0.6) is 0 Å². The summed E-state index contributed by atoms with van der Waals surface area (Å²) in [5.74, 6) is 1.64. The van der Waals surface area contributed by atoms with E-state index in [1.165, 1.54) is 24.1 Å². The van der Waals surface area contributed by atoms with Gasteiger partial charge in [-0.05, 0) is 35.9 Å². The van der Waals surface area contributed by atoms with Crippen molar-refractivity contribution in [2.24, 2.45) is 5.92 Å². The molecule has 3 rings (SSSR count). The predicted octanol–water partition coefficient (Wildman–Crippen LogP) is 4.31. The lowest BCUT2D eigenvalue weighted by molar-refractivity contribution is 0.266. The second kappa shape index (κ2) is 6.23. The molecule has 0 N–H and O–H groups in total. The molecule has 0 saturated heterocycles. The summed E-state index contributed by atoms with van der Waals surface area (Å²) in [6, 6.07) is 21.8. The van der Waals surface area contributed by atoms with Gasteiger partial charge in [-0.3, -0.25) is 4.90 Å². The second-order valence-electron chi connectivity index (χ2n) is 5.83.